The van der Waals surface area contributed by atoms with Gasteiger partial charge in [-0.25, -0.2) is 4.98 Å². The van der Waals surface area contributed by atoms with Crippen molar-refractivity contribution in [1.29, 1.82) is 0 Å². The van der Waals surface area contributed by atoms with Gasteiger partial charge in [0.1, 0.15) is 0 Å². The Bertz CT molecular complexity index is 501. The normalized spacial score (nSPS) is 18.1. The zero-order valence-corrected chi connectivity index (χ0v) is 18.7. The van der Waals surface area contributed by atoms with E-state index in [9.17, 15) is 0 Å². The summed E-state index contributed by atoms with van der Waals surface area (Å²) in [4.78, 5) is 11.8. The molecule has 1 saturated heterocycles. The number of guanidine groups is 1. The Morgan fingerprint density at radius 3 is 2.92 bits per heavy atom. The SMILES string of the molecule is CCNC(=NCCCc1nc(C)cs1)N1CCC(CC(C)C)C1.I. The topological polar surface area (TPSA) is 40.5 Å². The van der Waals surface area contributed by atoms with Crippen molar-refractivity contribution in [2.45, 2.75) is 53.4 Å². The molecule has 0 amide bonds. The highest BCUT2D eigenvalue weighted by molar-refractivity contribution is 14.0. The second kappa shape index (κ2) is 11.3. The molecule has 1 N–H and O–H groups in total. The molecule has 1 aromatic heterocycles. The van der Waals surface area contributed by atoms with Gasteiger partial charge in [-0.3, -0.25) is 4.99 Å². The molecule has 1 atom stereocenters. The maximum atomic E-state index is 4.84. The Hall–Kier alpha value is -0.370. The van der Waals surface area contributed by atoms with Gasteiger partial charge >= 0.3 is 0 Å². The quantitative estimate of drug-likeness (QED) is 0.283. The van der Waals surface area contributed by atoms with E-state index in [0.717, 1.165) is 62.5 Å². The van der Waals surface area contributed by atoms with E-state index in [4.69, 9.17) is 4.99 Å². The monoisotopic (exact) mass is 464 g/mol. The first-order chi connectivity index (χ1) is 11.1. The van der Waals surface area contributed by atoms with Crippen LogP contribution in [0, 0.1) is 18.8 Å². The maximum Gasteiger partial charge on any atom is 0.193 e. The van der Waals surface area contributed by atoms with Crippen molar-refractivity contribution in [3.63, 3.8) is 0 Å². The van der Waals surface area contributed by atoms with Gasteiger partial charge in [-0.15, -0.1) is 35.3 Å². The lowest BCUT2D eigenvalue weighted by Gasteiger charge is -2.22. The van der Waals surface area contributed by atoms with Crippen molar-refractivity contribution in [3.8, 4) is 0 Å². The van der Waals surface area contributed by atoms with E-state index in [1.807, 2.05) is 0 Å². The van der Waals surface area contributed by atoms with E-state index >= 15 is 0 Å². The molecule has 1 fully saturated rings. The lowest BCUT2D eigenvalue weighted by Crippen LogP contribution is -2.40. The predicted octanol–water partition coefficient (Wildman–Crippen LogP) is 4.34. The second-order valence-electron chi connectivity index (χ2n) is 6.95. The molecule has 0 bridgehead atoms. The summed E-state index contributed by atoms with van der Waals surface area (Å²) < 4.78 is 0. The molecule has 0 aliphatic carbocycles. The number of aliphatic imine (C=N–C) groups is 1. The molecule has 2 rings (SSSR count). The van der Waals surface area contributed by atoms with Crippen molar-refractivity contribution in [1.82, 2.24) is 15.2 Å². The second-order valence-corrected chi connectivity index (χ2v) is 7.89. The molecule has 0 saturated carbocycles. The highest BCUT2D eigenvalue weighted by Gasteiger charge is 2.25. The fourth-order valence-electron chi connectivity index (χ4n) is 3.24. The zero-order valence-electron chi connectivity index (χ0n) is 15.5. The number of aromatic nitrogens is 1. The van der Waals surface area contributed by atoms with E-state index < -0.39 is 0 Å². The van der Waals surface area contributed by atoms with E-state index in [-0.39, 0.29) is 24.0 Å². The van der Waals surface area contributed by atoms with Crippen LogP contribution < -0.4 is 5.32 Å². The van der Waals surface area contributed by atoms with Gasteiger partial charge in [0.15, 0.2) is 5.96 Å². The highest BCUT2D eigenvalue weighted by Crippen LogP contribution is 2.23. The number of halogens is 1. The molecule has 1 aliphatic rings. The maximum absolute atomic E-state index is 4.84. The standard InChI is InChI=1S/C18H32N4S.HI/c1-5-19-18(22-10-8-16(12-22)11-14(2)3)20-9-6-7-17-21-15(4)13-23-17;/h13-14,16H,5-12H2,1-4H3,(H,19,20);1H. The van der Waals surface area contributed by atoms with Crippen molar-refractivity contribution < 1.29 is 0 Å². The zero-order chi connectivity index (χ0) is 16.7. The Balaban J connectivity index is 0.00000288. The van der Waals surface area contributed by atoms with Crippen LogP contribution in [0.5, 0.6) is 0 Å². The van der Waals surface area contributed by atoms with Gasteiger partial charge in [-0.05, 0) is 44.9 Å². The minimum Gasteiger partial charge on any atom is -0.357 e. The first-order valence-corrected chi connectivity index (χ1v) is 9.90. The van der Waals surface area contributed by atoms with E-state index in [1.54, 1.807) is 11.3 Å². The van der Waals surface area contributed by atoms with Gasteiger partial charge in [0.2, 0.25) is 0 Å². The third kappa shape index (κ3) is 7.25. The summed E-state index contributed by atoms with van der Waals surface area (Å²) in [6, 6.07) is 0. The minimum absolute atomic E-state index is 0. The predicted molar refractivity (Wildman–Crippen MR) is 116 cm³/mol. The van der Waals surface area contributed by atoms with Crippen LogP contribution in [0.4, 0.5) is 0 Å². The van der Waals surface area contributed by atoms with Crippen LogP contribution in [-0.4, -0.2) is 42.0 Å². The van der Waals surface area contributed by atoms with E-state index in [0.29, 0.717) is 0 Å². The molecule has 1 aliphatic heterocycles. The number of hydrogen-bond donors (Lipinski definition) is 1. The van der Waals surface area contributed by atoms with Crippen molar-refractivity contribution in [2.75, 3.05) is 26.2 Å². The van der Waals surface area contributed by atoms with E-state index in [1.165, 1.54) is 17.8 Å². The smallest absolute Gasteiger partial charge is 0.193 e. The van der Waals surface area contributed by atoms with Crippen LogP contribution in [0.15, 0.2) is 10.4 Å². The number of rotatable bonds is 7. The summed E-state index contributed by atoms with van der Waals surface area (Å²) in [5.74, 6) is 2.73. The average molecular weight is 464 g/mol. The number of nitrogens with one attached hydrogen (secondary N) is 1. The summed E-state index contributed by atoms with van der Waals surface area (Å²) in [5, 5.41) is 6.83. The lowest BCUT2D eigenvalue weighted by atomic mass is 9.97. The van der Waals surface area contributed by atoms with Gasteiger partial charge in [0.05, 0.1) is 5.01 Å². The third-order valence-electron chi connectivity index (χ3n) is 4.20. The van der Waals surface area contributed by atoms with Gasteiger partial charge in [0.25, 0.3) is 0 Å². The van der Waals surface area contributed by atoms with Crippen molar-refractivity contribution in [3.05, 3.63) is 16.1 Å². The molecule has 0 aromatic carbocycles. The summed E-state index contributed by atoms with van der Waals surface area (Å²) in [7, 11) is 0. The first kappa shape index (κ1) is 21.7. The third-order valence-corrected chi connectivity index (χ3v) is 5.23. The average Bonchev–Trinajstić information content (AvgIpc) is 3.11. The van der Waals surface area contributed by atoms with Gasteiger partial charge < -0.3 is 10.2 Å². The molecule has 24 heavy (non-hydrogen) atoms. The fourth-order valence-corrected chi connectivity index (χ4v) is 4.06. The van der Waals surface area contributed by atoms with Gasteiger partial charge in [-0.1, -0.05) is 13.8 Å². The summed E-state index contributed by atoms with van der Waals surface area (Å²) in [6.07, 6.45) is 4.75. The van der Waals surface area contributed by atoms with Gasteiger partial charge in [0, 0.05) is 43.7 Å². The summed E-state index contributed by atoms with van der Waals surface area (Å²) in [6.45, 7) is 13.0. The highest BCUT2D eigenvalue weighted by atomic mass is 127. The molecule has 1 unspecified atom stereocenters. The van der Waals surface area contributed by atoms with Crippen molar-refractivity contribution >= 4 is 41.3 Å². The minimum atomic E-state index is 0. The Morgan fingerprint density at radius 2 is 2.29 bits per heavy atom. The molecule has 0 radical (unpaired) electrons. The number of likely N-dealkylation sites (tertiary alicyclic amines) is 1. The molecular weight excluding hydrogens is 431 g/mol. The molecule has 4 nitrogen and oxygen atoms in total. The summed E-state index contributed by atoms with van der Waals surface area (Å²) in [5.41, 5.74) is 1.13. The van der Waals surface area contributed by atoms with Crippen molar-refractivity contribution in [2.24, 2.45) is 16.8 Å². The molecule has 0 spiro atoms. The Labute approximate surface area is 168 Å². The van der Waals surface area contributed by atoms with Crippen LogP contribution in [0.3, 0.4) is 0 Å². The Morgan fingerprint density at radius 1 is 1.50 bits per heavy atom. The van der Waals surface area contributed by atoms with E-state index in [2.05, 4.69) is 48.3 Å². The number of thiazole rings is 1. The Kier molecular flexibility index (Phi) is 10.2. The molecule has 2 heterocycles. The largest absolute Gasteiger partial charge is 0.357 e. The van der Waals surface area contributed by atoms with Crippen LogP contribution >= 0.6 is 35.3 Å². The molecule has 6 heteroatoms. The van der Waals surface area contributed by atoms with Crippen LogP contribution in [-0.2, 0) is 6.42 Å². The van der Waals surface area contributed by atoms with Crippen LogP contribution in [0.1, 0.15) is 50.7 Å². The summed E-state index contributed by atoms with van der Waals surface area (Å²) >= 11 is 1.76. The fraction of sp³-hybridized carbons (Fsp3) is 0.778. The number of aryl methyl sites for hydroxylation is 2. The number of hydrogen-bond acceptors (Lipinski definition) is 3. The van der Waals surface area contributed by atoms with Crippen LogP contribution in [0.2, 0.25) is 0 Å². The van der Waals surface area contributed by atoms with Gasteiger partial charge in [-0.2, -0.15) is 0 Å². The molecular formula is C18H33IN4S. The van der Waals surface area contributed by atoms with Crippen LogP contribution in [0.25, 0.3) is 0 Å². The molecule has 1 aromatic rings. The lowest BCUT2D eigenvalue weighted by molar-refractivity contribution is 0.403. The first-order valence-electron chi connectivity index (χ1n) is 9.02. The molecule has 138 valence electrons. The number of nitrogens with zero attached hydrogens (tertiary/aromatic N) is 3.